The van der Waals surface area contributed by atoms with Crippen molar-refractivity contribution in [2.45, 2.75) is 56.9 Å². The highest BCUT2D eigenvalue weighted by atomic mass is 16.7. The van der Waals surface area contributed by atoms with E-state index in [1.807, 2.05) is 6.92 Å². The van der Waals surface area contributed by atoms with Crippen LogP contribution in [0.3, 0.4) is 0 Å². The molecule has 0 radical (unpaired) electrons. The van der Waals surface area contributed by atoms with Crippen LogP contribution in [0.4, 0.5) is 0 Å². The van der Waals surface area contributed by atoms with Crippen molar-refractivity contribution in [3.8, 4) is 17.2 Å². The topological polar surface area (TPSA) is 159 Å². The molecule has 0 spiro atoms. The van der Waals surface area contributed by atoms with Gasteiger partial charge in [-0.2, -0.15) is 0 Å². The predicted octanol–water partition coefficient (Wildman–Crippen LogP) is 0.760. The highest BCUT2D eigenvalue weighted by molar-refractivity contribution is 5.86. The van der Waals surface area contributed by atoms with Gasteiger partial charge in [-0.1, -0.05) is 13.3 Å². The van der Waals surface area contributed by atoms with E-state index < -0.39 is 48.7 Å². The van der Waals surface area contributed by atoms with E-state index in [1.54, 1.807) is 6.08 Å². The Morgan fingerprint density at radius 3 is 2.65 bits per heavy atom. The maximum absolute atomic E-state index is 12.2. The van der Waals surface area contributed by atoms with Crippen molar-refractivity contribution in [1.29, 1.82) is 0 Å². The smallest absolute Gasteiger partial charge is 0.383 e. The average molecular weight is 438 g/mol. The van der Waals surface area contributed by atoms with Crippen LogP contribution in [0, 0.1) is 0 Å². The minimum absolute atomic E-state index is 0.00750. The number of hydrogen-bond donors (Lipinski definition) is 5. The van der Waals surface area contributed by atoms with Crippen molar-refractivity contribution < 1.29 is 44.2 Å². The molecule has 10 heteroatoms. The van der Waals surface area contributed by atoms with Gasteiger partial charge in [-0.25, -0.2) is 4.79 Å². The fourth-order valence-corrected chi connectivity index (χ4v) is 3.13. The van der Waals surface area contributed by atoms with Gasteiger partial charge in [0.1, 0.15) is 35.7 Å². The summed E-state index contributed by atoms with van der Waals surface area (Å²) >= 11 is 0. The molecule has 10 nitrogen and oxygen atoms in total. The molecule has 1 aromatic heterocycles. The molecule has 0 unspecified atom stereocenters. The Morgan fingerprint density at radius 2 is 1.94 bits per heavy atom. The maximum Gasteiger partial charge on any atom is 0.383 e. The van der Waals surface area contributed by atoms with Crippen molar-refractivity contribution in [2.75, 3.05) is 6.61 Å². The molecule has 1 fully saturated rings. The highest BCUT2D eigenvalue weighted by Crippen LogP contribution is 2.34. The molecule has 170 valence electrons. The zero-order valence-electron chi connectivity index (χ0n) is 16.9. The lowest BCUT2D eigenvalue weighted by molar-refractivity contribution is -0.277. The first-order valence-corrected chi connectivity index (χ1v) is 9.96. The maximum atomic E-state index is 12.2. The van der Waals surface area contributed by atoms with Crippen molar-refractivity contribution in [2.24, 2.45) is 0 Å². The second-order valence-corrected chi connectivity index (χ2v) is 7.17. The first-order chi connectivity index (χ1) is 14.9. The van der Waals surface area contributed by atoms with Crippen LogP contribution in [0.25, 0.3) is 11.0 Å². The number of aliphatic hydroxyl groups is 4. The van der Waals surface area contributed by atoms with Gasteiger partial charge in [0.2, 0.25) is 6.29 Å². The summed E-state index contributed by atoms with van der Waals surface area (Å²) in [7, 11) is 0. The molecule has 1 saturated heterocycles. The van der Waals surface area contributed by atoms with E-state index in [2.05, 4.69) is 0 Å². The second kappa shape index (κ2) is 10.1. The summed E-state index contributed by atoms with van der Waals surface area (Å²) in [5, 5.41) is 49.6. The zero-order chi connectivity index (χ0) is 22.5. The summed E-state index contributed by atoms with van der Waals surface area (Å²) in [6.07, 6.45) is -1.41. The summed E-state index contributed by atoms with van der Waals surface area (Å²) in [4.78, 5) is 12.2. The molecule has 1 aliphatic heterocycles. The van der Waals surface area contributed by atoms with Crippen LogP contribution in [0.15, 0.2) is 39.7 Å². The molecule has 5 atom stereocenters. The molecule has 31 heavy (non-hydrogen) atoms. The van der Waals surface area contributed by atoms with E-state index in [0.29, 0.717) is 0 Å². The molecule has 3 rings (SSSR count). The van der Waals surface area contributed by atoms with E-state index in [1.165, 1.54) is 24.5 Å². The Labute approximate surface area is 177 Å². The van der Waals surface area contributed by atoms with E-state index in [4.69, 9.17) is 18.6 Å². The first-order valence-electron chi connectivity index (χ1n) is 9.96. The number of ether oxygens (including phenoxy) is 3. The Balaban J connectivity index is 1.81. The molecular weight excluding hydrogens is 412 g/mol. The molecule has 0 bridgehead atoms. The first kappa shape index (κ1) is 23.0. The zero-order valence-corrected chi connectivity index (χ0v) is 16.9. The quantitative estimate of drug-likeness (QED) is 0.226. The molecule has 1 aliphatic rings. The number of fused-ring (bicyclic) bond motifs is 1. The fraction of sp³-hybridized carbons (Fsp3) is 0.476. The van der Waals surface area contributed by atoms with E-state index in [0.717, 1.165) is 19.3 Å². The van der Waals surface area contributed by atoms with Crippen LogP contribution in [-0.2, 0) is 4.74 Å². The van der Waals surface area contributed by atoms with Crippen LogP contribution in [0.5, 0.6) is 17.2 Å². The third kappa shape index (κ3) is 5.00. The lowest BCUT2D eigenvalue weighted by Crippen LogP contribution is -2.60. The standard InChI is InChI=1S/C21H26O10/c1-2-3-4-5-8-28-19-15(23)12-7-6-11(9-13(12)30-20(19)27)29-21-18(26)17(25)16(24)14(10-22)31-21/h5-9,14,16-18,21-26H,2-4,10H2,1H3/t14-,16-,17+,18-,21-/m1/s1. The average Bonchev–Trinajstić information content (AvgIpc) is 2.75. The van der Waals surface area contributed by atoms with Crippen molar-refractivity contribution in [3.63, 3.8) is 0 Å². The number of benzene rings is 1. The number of aliphatic hydroxyl groups excluding tert-OH is 4. The summed E-state index contributed by atoms with van der Waals surface area (Å²) < 4.78 is 21.2. The van der Waals surface area contributed by atoms with E-state index in [9.17, 15) is 30.3 Å². The number of aromatic hydroxyl groups is 1. The Kier molecular flexibility index (Phi) is 7.52. The van der Waals surface area contributed by atoms with E-state index in [-0.39, 0.29) is 22.5 Å². The highest BCUT2D eigenvalue weighted by Gasteiger charge is 2.44. The van der Waals surface area contributed by atoms with Crippen LogP contribution in [0.2, 0.25) is 0 Å². The number of allylic oxidation sites excluding steroid dienone is 1. The van der Waals surface area contributed by atoms with Crippen LogP contribution in [-0.4, -0.2) is 62.8 Å². The predicted molar refractivity (Wildman–Crippen MR) is 108 cm³/mol. The molecule has 2 aromatic rings. The van der Waals surface area contributed by atoms with Gasteiger partial charge in [0.05, 0.1) is 18.3 Å². The Morgan fingerprint density at radius 1 is 1.16 bits per heavy atom. The largest absolute Gasteiger partial charge is 0.504 e. The van der Waals surface area contributed by atoms with Crippen molar-refractivity contribution >= 4 is 11.0 Å². The third-order valence-electron chi connectivity index (χ3n) is 4.92. The minimum Gasteiger partial charge on any atom is -0.504 e. The Bertz CT molecular complexity index is 967. The molecule has 5 N–H and O–H groups in total. The van der Waals surface area contributed by atoms with E-state index >= 15 is 0 Å². The molecule has 0 amide bonds. The number of hydrogen-bond acceptors (Lipinski definition) is 10. The third-order valence-corrected chi connectivity index (χ3v) is 4.92. The molecule has 1 aromatic carbocycles. The van der Waals surface area contributed by atoms with Crippen molar-refractivity contribution in [3.05, 3.63) is 41.0 Å². The molecular formula is C21H26O10. The molecule has 2 heterocycles. The fourth-order valence-electron chi connectivity index (χ4n) is 3.13. The van der Waals surface area contributed by atoms with Gasteiger partial charge in [-0.05, 0) is 31.1 Å². The molecule has 0 aliphatic carbocycles. The van der Waals surface area contributed by atoms with Gasteiger partial charge in [0.15, 0.2) is 5.75 Å². The van der Waals surface area contributed by atoms with Gasteiger partial charge in [0.25, 0.3) is 5.75 Å². The lowest BCUT2D eigenvalue weighted by Gasteiger charge is -2.39. The van der Waals surface area contributed by atoms with Crippen molar-refractivity contribution in [1.82, 2.24) is 0 Å². The Hall–Kier alpha value is -2.63. The van der Waals surface area contributed by atoms with Crippen LogP contribution < -0.4 is 15.1 Å². The lowest BCUT2D eigenvalue weighted by atomic mass is 9.99. The summed E-state index contributed by atoms with van der Waals surface area (Å²) in [6.45, 7) is 1.45. The number of rotatable bonds is 8. The van der Waals surface area contributed by atoms with Gasteiger partial charge in [0, 0.05) is 6.07 Å². The van der Waals surface area contributed by atoms with Gasteiger partial charge in [-0.3, -0.25) is 0 Å². The molecule has 0 saturated carbocycles. The van der Waals surface area contributed by atoms with Gasteiger partial charge in [-0.15, -0.1) is 0 Å². The van der Waals surface area contributed by atoms with Crippen LogP contribution in [0.1, 0.15) is 26.2 Å². The minimum atomic E-state index is -1.59. The summed E-state index contributed by atoms with van der Waals surface area (Å²) in [5.41, 5.74) is -0.901. The SMILES string of the molecule is CCCCC=COc1c(O)c2ccc(O[C@@H]3O[C@H](CO)[C@@H](O)[C@H](O)[C@H]3O)cc2oc1=O. The second-order valence-electron chi connectivity index (χ2n) is 7.17. The monoisotopic (exact) mass is 438 g/mol. The number of unbranched alkanes of at least 4 members (excludes halogenated alkanes) is 2. The van der Waals surface area contributed by atoms with Gasteiger partial charge < -0.3 is 44.2 Å². The summed E-state index contributed by atoms with van der Waals surface area (Å²) in [6, 6.07) is 4.13. The van der Waals surface area contributed by atoms with Gasteiger partial charge >= 0.3 is 5.63 Å². The normalized spacial score (nSPS) is 26.4. The summed E-state index contributed by atoms with van der Waals surface area (Å²) in [5.74, 6) is -0.652. The van der Waals surface area contributed by atoms with Crippen LogP contribution >= 0.6 is 0 Å².